The zero-order valence-corrected chi connectivity index (χ0v) is 19.2. The van der Waals surface area contributed by atoms with Gasteiger partial charge >= 0.3 is 0 Å². The maximum absolute atomic E-state index is 4.75. The number of likely N-dealkylation sites (N-methyl/N-ethyl adjacent to an activating group) is 1. The lowest BCUT2D eigenvalue weighted by Crippen LogP contribution is -2.44. The number of benzene rings is 1. The van der Waals surface area contributed by atoms with Crippen LogP contribution in [0.4, 0.5) is 5.82 Å². The monoisotopic (exact) mass is 446 g/mol. The van der Waals surface area contributed by atoms with Crippen molar-refractivity contribution in [2.24, 2.45) is 0 Å². The van der Waals surface area contributed by atoms with Crippen LogP contribution in [0.5, 0.6) is 0 Å². The van der Waals surface area contributed by atoms with Gasteiger partial charge in [-0.05, 0) is 49.0 Å². The minimum Gasteiger partial charge on any atom is -0.354 e. The quantitative estimate of drug-likeness (QED) is 0.394. The fourth-order valence-electron chi connectivity index (χ4n) is 4.51. The topological polar surface area (TPSA) is 49.6 Å². The first kappa shape index (κ1) is 20.6. The number of anilines is 1. The van der Waals surface area contributed by atoms with Crippen molar-refractivity contribution in [2.45, 2.75) is 0 Å². The summed E-state index contributed by atoms with van der Waals surface area (Å²) in [7, 11) is 2.17. The molecule has 6 nitrogen and oxygen atoms in total. The average molecular weight is 447 g/mol. The summed E-state index contributed by atoms with van der Waals surface area (Å²) in [6.07, 6.45) is 7.85. The fraction of sp³-hybridized carbons (Fsp3) is 0.179. The molecule has 0 spiro atoms. The smallest absolute Gasteiger partial charge is 0.137 e. The second-order valence-electron chi connectivity index (χ2n) is 8.78. The van der Waals surface area contributed by atoms with Crippen molar-refractivity contribution in [1.29, 1.82) is 0 Å². The lowest BCUT2D eigenvalue weighted by atomic mass is 10.1. The molecular formula is C28H26N6. The van der Waals surface area contributed by atoms with E-state index in [0.717, 1.165) is 71.3 Å². The molecule has 1 saturated heterocycles. The van der Waals surface area contributed by atoms with Crippen LogP contribution in [0.25, 0.3) is 39.3 Å². The molecule has 1 aliphatic rings. The highest BCUT2D eigenvalue weighted by Crippen LogP contribution is 2.28. The number of imidazole rings is 1. The molecule has 4 aromatic heterocycles. The van der Waals surface area contributed by atoms with Crippen molar-refractivity contribution in [3.63, 3.8) is 0 Å². The van der Waals surface area contributed by atoms with Crippen LogP contribution >= 0.6 is 0 Å². The highest BCUT2D eigenvalue weighted by atomic mass is 15.3. The predicted molar refractivity (Wildman–Crippen MR) is 137 cm³/mol. The number of hydrogen-bond acceptors (Lipinski definition) is 5. The Morgan fingerprint density at radius 1 is 0.676 bits per heavy atom. The van der Waals surface area contributed by atoms with E-state index in [9.17, 15) is 0 Å². The SMILES string of the molecule is CN1CCN(c2ccc(-c3ccn4c(-c5ccnc(-c6ccccc6)c5)cnc4c3)cn2)CC1. The van der Waals surface area contributed by atoms with Crippen molar-refractivity contribution in [2.75, 3.05) is 38.1 Å². The van der Waals surface area contributed by atoms with Crippen LogP contribution in [0.15, 0.2) is 91.5 Å². The standard InChI is InChI=1S/C28H26N6/c1-32-13-15-33(16-14-32)27-8-7-24(19-30-27)22-10-12-34-26(20-31-28(34)18-22)23-9-11-29-25(17-23)21-5-3-2-4-6-21/h2-12,17-20H,13-16H2,1H3. The van der Waals surface area contributed by atoms with Gasteiger partial charge in [0.2, 0.25) is 0 Å². The molecule has 0 unspecified atom stereocenters. The third-order valence-electron chi connectivity index (χ3n) is 6.55. The summed E-state index contributed by atoms with van der Waals surface area (Å²) in [4.78, 5) is 18.7. The molecule has 5 heterocycles. The van der Waals surface area contributed by atoms with Gasteiger partial charge in [0.15, 0.2) is 0 Å². The summed E-state index contributed by atoms with van der Waals surface area (Å²) in [6.45, 7) is 4.19. The van der Waals surface area contributed by atoms with Crippen LogP contribution in [-0.2, 0) is 0 Å². The van der Waals surface area contributed by atoms with E-state index in [4.69, 9.17) is 9.97 Å². The van der Waals surface area contributed by atoms with Crippen LogP contribution in [-0.4, -0.2) is 57.5 Å². The number of fused-ring (bicyclic) bond motifs is 1. The van der Waals surface area contributed by atoms with Gasteiger partial charge in [0.1, 0.15) is 11.5 Å². The van der Waals surface area contributed by atoms with Gasteiger partial charge in [-0.25, -0.2) is 9.97 Å². The van der Waals surface area contributed by atoms with Crippen LogP contribution < -0.4 is 4.90 Å². The van der Waals surface area contributed by atoms with Crippen molar-refractivity contribution in [3.8, 4) is 33.6 Å². The Hall–Kier alpha value is -4.03. The van der Waals surface area contributed by atoms with Crippen LogP contribution in [0, 0.1) is 0 Å². The molecule has 0 aliphatic carbocycles. The van der Waals surface area contributed by atoms with Crippen LogP contribution in [0.1, 0.15) is 0 Å². The molecule has 1 aromatic carbocycles. The molecule has 1 aliphatic heterocycles. The number of nitrogens with zero attached hydrogens (tertiary/aromatic N) is 6. The minimum atomic E-state index is 0.911. The normalized spacial score (nSPS) is 14.6. The Morgan fingerprint density at radius 3 is 2.32 bits per heavy atom. The first-order chi connectivity index (χ1) is 16.7. The molecule has 0 saturated carbocycles. The molecule has 0 atom stereocenters. The van der Waals surface area contributed by atoms with E-state index in [1.165, 1.54) is 0 Å². The van der Waals surface area contributed by atoms with Crippen molar-refractivity contribution >= 4 is 11.5 Å². The summed E-state index contributed by atoms with van der Waals surface area (Å²) in [6, 6.07) is 22.9. The second kappa shape index (κ2) is 8.72. The van der Waals surface area contributed by atoms with Gasteiger partial charge in [0.05, 0.1) is 17.6 Å². The molecule has 6 heteroatoms. The summed E-state index contributed by atoms with van der Waals surface area (Å²) in [5, 5.41) is 0. The van der Waals surface area contributed by atoms with E-state index in [2.05, 4.69) is 74.9 Å². The first-order valence-corrected chi connectivity index (χ1v) is 11.6. The lowest BCUT2D eigenvalue weighted by Gasteiger charge is -2.33. The zero-order valence-electron chi connectivity index (χ0n) is 19.2. The fourth-order valence-corrected chi connectivity index (χ4v) is 4.51. The molecule has 0 bridgehead atoms. The predicted octanol–water partition coefficient (Wildman–Crippen LogP) is 4.88. The Kier molecular flexibility index (Phi) is 5.28. The van der Waals surface area contributed by atoms with Gasteiger partial charge in [-0.2, -0.15) is 0 Å². The molecule has 1 fully saturated rings. The van der Waals surface area contributed by atoms with Gasteiger partial charge in [-0.1, -0.05) is 30.3 Å². The van der Waals surface area contributed by atoms with Gasteiger partial charge in [0, 0.05) is 61.5 Å². The maximum Gasteiger partial charge on any atom is 0.137 e. The van der Waals surface area contributed by atoms with Gasteiger partial charge < -0.3 is 9.80 Å². The third kappa shape index (κ3) is 3.93. The Bertz CT molecular complexity index is 1420. The van der Waals surface area contributed by atoms with Crippen molar-refractivity contribution < 1.29 is 0 Å². The van der Waals surface area contributed by atoms with Gasteiger partial charge in [-0.15, -0.1) is 0 Å². The Balaban J connectivity index is 1.28. The molecule has 5 aromatic rings. The number of piperazine rings is 1. The number of pyridine rings is 3. The summed E-state index contributed by atoms with van der Waals surface area (Å²) < 4.78 is 2.12. The van der Waals surface area contributed by atoms with Crippen molar-refractivity contribution in [1.82, 2.24) is 24.3 Å². The molecule has 0 radical (unpaired) electrons. The van der Waals surface area contributed by atoms with E-state index in [0.29, 0.717) is 0 Å². The zero-order chi connectivity index (χ0) is 22.9. The Labute approximate surface area is 199 Å². The third-order valence-corrected chi connectivity index (χ3v) is 6.55. The largest absolute Gasteiger partial charge is 0.354 e. The summed E-state index contributed by atoms with van der Waals surface area (Å²) >= 11 is 0. The summed E-state index contributed by atoms with van der Waals surface area (Å²) in [5.41, 5.74) is 7.32. The van der Waals surface area contributed by atoms with E-state index >= 15 is 0 Å². The molecule has 168 valence electrons. The van der Waals surface area contributed by atoms with Crippen LogP contribution in [0.3, 0.4) is 0 Å². The van der Waals surface area contributed by atoms with Crippen LogP contribution in [0.2, 0.25) is 0 Å². The highest BCUT2D eigenvalue weighted by molar-refractivity contribution is 5.73. The molecule has 6 rings (SSSR count). The number of aromatic nitrogens is 4. The number of hydrogen-bond donors (Lipinski definition) is 0. The summed E-state index contributed by atoms with van der Waals surface area (Å²) in [5.74, 6) is 1.05. The van der Waals surface area contributed by atoms with E-state index in [1.54, 1.807) is 0 Å². The van der Waals surface area contributed by atoms with Gasteiger partial charge in [0.25, 0.3) is 0 Å². The maximum atomic E-state index is 4.75. The van der Waals surface area contributed by atoms with Gasteiger partial charge in [-0.3, -0.25) is 9.38 Å². The second-order valence-corrected chi connectivity index (χ2v) is 8.78. The minimum absolute atomic E-state index is 0.911. The van der Waals surface area contributed by atoms with E-state index in [-0.39, 0.29) is 0 Å². The van der Waals surface area contributed by atoms with Crippen molar-refractivity contribution in [3.05, 3.63) is 91.5 Å². The van der Waals surface area contributed by atoms with E-state index < -0.39 is 0 Å². The van der Waals surface area contributed by atoms with E-state index in [1.807, 2.05) is 42.9 Å². The molecule has 34 heavy (non-hydrogen) atoms. The molecule has 0 N–H and O–H groups in total. The average Bonchev–Trinajstić information content (AvgIpc) is 3.33. The lowest BCUT2D eigenvalue weighted by molar-refractivity contribution is 0.312. The number of rotatable bonds is 4. The Morgan fingerprint density at radius 2 is 1.53 bits per heavy atom. The molecule has 0 amide bonds. The molecular weight excluding hydrogens is 420 g/mol. The first-order valence-electron chi connectivity index (χ1n) is 11.6. The highest BCUT2D eigenvalue weighted by Gasteiger charge is 2.15.